The molecule has 0 bridgehead atoms. The fourth-order valence-electron chi connectivity index (χ4n) is 6.46. The molecule has 2 aromatic rings. The van der Waals surface area contributed by atoms with Crippen molar-refractivity contribution in [2.45, 2.75) is 121 Å². The number of nitrogens with zero attached hydrogens (tertiary/aromatic N) is 2. The number of fused-ring (bicyclic) bond motifs is 2. The van der Waals surface area contributed by atoms with Gasteiger partial charge in [0.05, 0.1) is 5.52 Å². The first-order valence-electron chi connectivity index (χ1n) is 16.8. The highest BCUT2D eigenvalue weighted by Crippen LogP contribution is 2.25. The van der Waals surface area contributed by atoms with Gasteiger partial charge in [0.1, 0.15) is 31.3 Å². The van der Waals surface area contributed by atoms with Gasteiger partial charge in [-0.15, -0.1) is 0 Å². The maximum atomic E-state index is 14.1. The molecule has 2 aliphatic rings. The predicted molar refractivity (Wildman–Crippen MR) is 173 cm³/mol. The Morgan fingerprint density at radius 1 is 0.957 bits per heavy atom. The number of unbranched alkanes of at least 4 members (excludes halogenated alkanes) is 2. The van der Waals surface area contributed by atoms with Crippen LogP contribution in [0.1, 0.15) is 90.5 Å². The summed E-state index contributed by atoms with van der Waals surface area (Å²) in [6.45, 7) is 5.96. The lowest BCUT2D eigenvalue weighted by molar-refractivity contribution is -0.168. The summed E-state index contributed by atoms with van der Waals surface area (Å²) in [5.74, 6) is -3.54. The molecule has 4 amide bonds. The molecular weight excluding hydrogens is 590 g/mol. The van der Waals surface area contributed by atoms with E-state index in [-0.39, 0.29) is 37.0 Å². The van der Waals surface area contributed by atoms with Gasteiger partial charge in [0.2, 0.25) is 23.6 Å². The Balaban J connectivity index is 1.65. The van der Waals surface area contributed by atoms with E-state index in [1.54, 1.807) is 29.9 Å². The maximum absolute atomic E-state index is 14.1. The van der Waals surface area contributed by atoms with E-state index in [0.29, 0.717) is 45.1 Å². The number of benzene rings is 1. The van der Waals surface area contributed by atoms with Gasteiger partial charge < -0.3 is 35.9 Å². The molecule has 0 saturated carbocycles. The van der Waals surface area contributed by atoms with Gasteiger partial charge in [0.25, 0.3) is 0 Å². The third kappa shape index (κ3) is 8.38. The molecule has 12 nitrogen and oxygen atoms in total. The second kappa shape index (κ2) is 15.8. The molecule has 12 heteroatoms. The average molecular weight is 642 g/mol. The quantitative estimate of drug-likeness (QED) is 0.175. The van der Waals surface area contributed by atoms with Crippen LogP contribution < -0.4 is 20.8 Å². The number of aliphatic hydroxyl groups is 2. The van der Waals surface area contributed by atoms with Gasteiger partial charge in [-0.05, 0) is 56.1 Å². The fourth-order valence-corrected chi connectivity index (χ4v) is 6.46. The van der Waals surface area contributed by atoms with Crippen molar-refractivity contribution in [2.24, 2.45) is 5.92 Å². The van der Waals surface area contributed by atoms with Crippen molar-refractivity contribution in [3.63, 3.8) is 0 Å². The number of rotatable bonds is 12. The molecule has 254 valence electrons. The predicted octanol–water partition coefficient (Wildman–Crippen LogP) is 2.18. The van der Waals surface area contributed by atoms with E-state index in [1.165, 1.54) is 0 Å². The van der Waals surface area contributed by atoms with Crippen LogP contribution in [0.15, 0.2) is 30.5 Å². The van der Waals surface area contributed by atoms with Crippen molar-refractivity contribution in [1.82, 2.24) is 25.6 Å². The normalized spacial score (nSPS) is 23.9. The van der Waals surface area contributed by atoms with Crippen molar-refractivity contribution in [3.8, 4) is 0 Å². The summed E-state index contributed by atoms with van der Waals surface area (Å²) in [6.07, 6.45) is 6.98. The minimum absolute atomic E-state index is 0.134. The van der Waals surface area contributed by atoms with Crippen LogP contribution in [0.5, 0.6) is 0 Å². The molecule has 0 unspecified atom stereocenters. The lowest BCUT2D eigenvalue weighted by Crippen LogP contribution is -2.64. The number of amides is 4. The monoisotopic (exact) mass is 641 g/mol. The third-order valence-corrected chi connectivity index (χ3v) is 9.65. The Labute approximate surface area is 271 Å². The van der Waals surface area contributed by atoms with Gasteiger partial charge in [-0.25, -0.2) is 0 Å². The third-order valence-electron chi connectivity index (χ3n) is 9.65. The topological polar surface area (TPSA) is 162 Å². The van der Waals surface area contributed by atoms with Gasteiger partial charge in [-0.3, -0.25) is 19.2 Å². The number of para-hydroxylation sites is 1. The van der Waals surface area contributed by atoms with E-state index in [0.717, 1.165) is 29.3 Å². The Hall–Kier alpha value is -3.64. The highest BCUT2D eigenvalue weighted by Gasteiger charge is 2.41. The summed E-state index contributed by atoms with van der Waals surface area (Å²) in [6, 6.07) is 4.04. The van der Waals surface area contributed by atoms with Gasteiger partial charge in [0.15, 0.2) is 5.79 Å². The standard InChI is InChI=1S/C34H51N5O7/c1-5-22(3)29-33(43)38-19-13-11-17-28(38)32(42)35-25(15-8-7-12-18-34(44,45)6-2)30(40)36-26(31(41)37-29)20-23-21-39(46-4)27-16-10-9-14-24(23)27/h9-10,14,16,21-22,25-26,28-29,44-45H,5-8,11-13,15,17-20H2,1-4H3,(H,35,42)(H,36,40)(H,37,41)/t22-,25-,26-,28+,29-/m0/s1. The number of hydrogen-bond donors (Lipinski definition) is 5. The largest absolute Gasteiger partial charge is 0.417 e. The summed E-state index contributed by atoms with van der Waals surface area (Å²) >= 11 is 0. The molecular formula is C34H51N5O7. The van der Waals surface area contributed by atoms with E-state index < -0.39 is 41.8 Å². The van der Waals surface area contributed by atoms with Crippen LogP contribution in [0, 0.1) is 5.92 Å². The highest BCUT2D eigenvalue weighted by atomic mass is 16.6. The molecule has 2 saturated heterocycles. The molecule has 46 heavy (non-hydrogen) atoms. The zero-order valence-electron chi connectivity index (χ0n) is 27.6. The van der Waals surface area contributed by atoms with Crippen molar-refractivity contribution in [1.29, 1.82) is 0 Å². The van der Waals surface area contributed by atoms with Crippen LogP contribution in [-0.2, 0) is 25.6 Å². The summed E-state index contributed by atoms with van der Waals surface area (Å²) in [4.78, 5) is 62.8. The minimum Gasteiger partial charge on any atom is -0.417 e. The smallest absolute Gasteiger partial charge is 0.246 e. The van der Waals surface area contributed by atoms with Crippen LogP contribution in [0.25, 0.3) is 10.9 Å². The number of carbonyl (C=O) groups is 4. The maximum Gasteiger partial charge on any atom is 0.246 e. The lowest BCUT2D eigenvalue weighted by atomic mass is 9.93. The number of hydrogen-bond acceptors (Lipinski definition) is 7. The molecule has 2 fully saturated rings. The van der Waals surface area contributed by atoms with Crippen LogP contribution >= 0.6 is 0 Å². The Kier molecular flexibility index (Phi) is 12.1. The summed E-state index contributed by atoms with van der Waals surface area (Å²) in [5.41, 5.74) is 1.59. The molecule has 0 radical (unpaired) electrons. The Morgan fingerprint density at radius 2 is 1.67 bits per heavy atom. The number of nitrogens with one attached hydrogen (secondary N) is 3. The first kappa shape index (κ1) is 35.2. The molecule has 4 rings (SSSR count). The summed E-state index contributed by atoms with van der Waals surface area (Å²) in [5, 5.41) is 29.6. The van der Waals surface area contributed by atoms with E-state index in [2.05, 4.69) is 16.0 Å². The van der Waals surface area contributed by atoms with Crippen molar-refractivity contribution >= 4 is 34.5 Å². The van der Waals surface area contributed by atoms with Crippen LogP contribution in [0.3, 0.4) is 0 Å². The number of carbonyl (C=O) groups excluding carboxylic acids is 4. The zero-order valence-corrected chi connectivity index (χ0v) is 27.6. The van der Waals surface area contributed by atoms with E-state index in [4.69, 9.17) is 4.84 Å². The van der Waals surface area contributed by atoms with Gasteiger partial charge in [-0.1, -0.05) is 58.2 Å². The molecule has 0 spiro atoms. The van der Waals surface area contributed by atoms with Crippen molar-refractivity contribution < 1.29 is 34.2 Å². The van der Waals surface area contributed by atoms with Crippen molar-refractivity contribution in [2.75, 3.05) is 13.7 Å². The molecule has 0 aliphatic carbocycles. The molecule has 1 aromatic carbocycles. The number of piperidine rings is 1. The van der Waals surface area contributed by atoms with Crippen LogP contribution in [-0.4, -0.2) is 87.1 Å². The van der Waals surface area contributed by atoms with E-state index in [1.807, 2.05) is 38.1 Å². The first-order chi connectivity index (χ1) is 22.0. The second-order valence-corrected chi connectivity index (χ2v) is 12.9. The summed E-state index contributed by atoms with van der Waals surface area (Å²) < 4.78 is 1.61. The van der Waals surface area contributed by atoms with Crippen LogP contribution in [0.4, 0.5) is 0 Å². The van der Waals surface area contributed by atoms with Crippen LogP contribution in [0.2, 0.25) is 0 Å². The fraction of sp³-hybridized carbons (Fsp3) is 0.647. The second-order valence-electron chi connectivity index (χ2n) is 12.9. The SMILES string of the molecule is CC[C@H](C)[C@@H]1NC(=O)[C@H](Cc2cn(OC)c3ccccc23)NC(=O)[C@H](CCCCCC(O)(O)CC)NC(=O)[C@H]2CCCCN2C1=O. The highest BCUT2D eigenvalue weighted by molar-refractivity contribution is 5.98. The first-order valence-corrected chi connectivity index (χ1v) is 16.8. The van der Waals surface area contributed by atoms with E-state index >= 15 is 0 Å². The van der Waals surface area contributed by atoms with Crippen molar-refractivity contribution in [3.05, 3.63) is 36.0 Å². The van der Waals surface area contributed by atoms with E-state index in [9.17, 15) is 29.4 Å². The number of aromatic nitrogens is 1. The zero-order chi connectivity index (χ0) is 33.4. The molecule has 5 atom stereocenters. The molecule has 2 aliphatic heterocycles. The van der Waals surface area contributed by atoms with Gasteiger partial charge in [0, 0.05) is 31.0 Å². The Bertz CT molecular complexity index is 1370. The van der Waals surface area contributed by atoms with Gasteiger partial charge in [-0.2, -0.15) is 4.73 Å². The molecule has 1 aromatic heterocycles. The Morgan fingerprint density at radius 3 is 2.39 bits per heavy atom. The minimum atomic E-state index is -1.73. The summed E-state index contributed by atoms with van der Waals surface area (Å²) in [7, 11) is 1.55. The van der Waals surface area contributed by atoms with Gasteiger partial charge >= 0.3 is 0 Å². The molecule has 5 N–H and O–H groups in total. The molecule has 3 heterocycles. The lowest BCUT2D eigenvalue weighted by Gasteiger charge is -2.39. The average Bonchev–Trinajstić information content (AvgIpc) is 3.42.